The highest BCUT2D eigenvalue weighted by molar-refractivity contribution is 5.88. The average Bonchev–Trinajstić information content (AvgIpc) is 2.13. The molecule has 0 aromatic carbocycles. The van der Waals surface area contributed by atoms with Gasteiger partial charge in [-0.05, 0) is 6.92 Å². The summed E-state index contributed by atoms with van der Waals surface area (Å²) >= 11 is 0. The van der Waals surface area contributed by atoms with Gasteiger partial charge in [-0.1, -0.05) is 0 Å². The summed E-state index contributed by atoms with van der Waals surface area (Å²) in [6, 6.07) is -0.638. The fourth-order valence-electron chi connectivity index (χ4n) is 0.816. The summed E-state index contributed by atoms with van der Waals surface area (Å²) in [5.41, 5.74) is 0. The highest BCUT2D eigenvalue weighted by Crippen LogP contribution is 1.90. The second-order valence-electron chi connectivity index (χ2n) is 2.80. The van der Waals surface area contributed by atoms with E-state index in [9.17, 15) is 14.4 Å². The summed E-state index contributed by atoms with van der Waals surface area (Å²) in [5.74, 6) is -1.79. The maximum Gasteiger partial charge on any atom is 0.303 e. The molecule has 0 radical (unpaired) electrons. The second kappa shape index (κ2) is 5.95. The van der Waals surface area contributed by atoms with Crippen molar-refractivity contribution in [3.05, 3.63) is 0 Å². The summed E-state index contributed by atoms with van der Waals surface area (Å²) in [6.45, 7) is 1.53. The van der Waals surface area contributed by atoms with Gasteiger partial charge in [-0.15, -0.1) is 0 Å². The normalized spacial score (nSPS) is 11.6. The third-order valence-electron chi connectivity index (χ3n) is 1.58. The minimum absolute atomic E-state index is 0.114. The van der Waals surface area contributed by atoms with Gasteiger partial charge in [0.25, 0.3) is 0 Å². The fraction of sp³-hybridized carbons (Fsp3) is 0.625. The van der Waals surface area contributed by atoms with Crippen molar-refractivity contribution in [1.29, 1.82) is 0 Å². The molecule has 0 aliphatic rings. The Morgan fingerprint density at radius 1 is 1.29 bits per heavy atom. The first-order valence-corrected chi connectivity index (χ1v) is 4.20. The van der Waals surface area contributed by atoms with Gasteiger partial charge < -0.3 is 15.7 Å². The lowest BCUT2D eigenvalue weighted by molar-refractivity contribution is -0.139. The Hall–Kier alpha value is -1.59. The summed E-state index contributed by atoms with van der Waals surface area (Å²) < 4.78 is 0. The van der Waals surface area contributed by atoms with E-state index in [0.717, 1.165) is 0 Å². The van der Waals surface area contributed by atoms with Gasteiger partial charge in [0.15, 0.2) is 0 Å². The zero-order valence-electron chi connectivity index (χ0n) is 8.16. The van der Waals surface area contributed by atoms with Crippen molar-refractivity contribution >= 4 is 17.8 Å². The molecule has 3 N–H and O–H groups in total. The van der Waals surface area contributed by atoms with Gasteiger partial charge in [-0.25, -0.2) is 0 Å². The molecule has 0 heterocycles. The van der Waals surface area contributed by atoms with E-state index in [1.54, 1.807) is 0 Å². The number of carbonyl (C=O) groups excluding carboxylic acids is 2. The Kier molecular flexibility index (Phi) is 5.28. The van der Waals surface area contributed by atoms with Crippen molar-refractivity contribution in [3.63, 3.8) is 0 Å². The van der Waals surface area contributed by atoms with Crippen LogP contribution in [0, 0.1) is 0 Å². The lowest BCUT2D eigenvalue weighted by Gasteiger charge is -2.11. The van der Waals surface area contributed by atoms with Crippen LogP contribution in [0.3, 0.4) is 0 Å². The molecule has 0 aliphatic carbocycles. The SMILES string of the molecule is CNC(=O)C(C)NC(=O)CCC(=O)O. The lowest BCUT2D eigenvalue weighted by Crippen LogP contribution is -2.43. The van der Waals surface area contributed by atoms with Crippen LogP contribution in [0.2, 0.25) is 0 Å². The van der Waals surface area contributed by atoms with Crippen LogP contribution in [0.25, 0.3) is 0 Å². The van der Waals surface area contributed by atoms with Gasteiger partial charge >= 0.3 is 5.97 Å². The maximum absolute atomic E-state index is 11.0. The van der Waals surface area contributed by atoms with E-state index in [4.69, 9.17) is 5.11 Å². The predicted molar refractivity (Wildman–Crippen MR) is 48.5 cm³/mol. The molecule has 0 spiro atoms. The Bertz CT molecular complexity index is 239. The molecule has 0 saturated heterocycles. The topological polar surface area (TPSA) is 95.5 Å². The van der Waals surface area contributed by atoms with Crippen LogP contribution in [0.4, 0.5) is 0 Å². The fourth-order valence-corrected chi connectivity index (χ4v) is 0.816. The van der Waals surface area contributed by atoms with Crippen molar-refractivity contribution in [2.24, 2.45) is 0 Å². The van der Waals surface area contributed by atoms with Gasteiger partial charge in [0.1, 0.15) is 6.04 Å². The van der Waals surface area contributed by atoms with E-state index >= 15 is 0 Å². The molecular formula is C8H14N2O4. The molecule has 0 aromatic rings. The first-order chi connectivity index (χ1) is 6.47. The smallest absolute Gasteiger partial charge is 0.303 e. The third-order valence-corrected chi connectivity index (χ3v) is 1.58. The molecule has 0 rings (SSSR count). The van der Waals surface area contributed by atoms with Gasteiger partial charge in [-0.2, -0.15) is 0 Å². The number of aliphatic carboxylic acids is 1. The van der Waals surface area contributed by atoms with E-state index in [0.29, 0.717) is 0 Å². The number of carboxylic acid groups (broad SMARTS) is 1. The first kappa shape index (κ1) is 12.4. The van der Waals surface area contributed by atoms with Crippen LogP contribution in [0.5, 0.6) is 0 Å². The van der Waals surface area contributed by atoms with Crippen LogP contribution >= 0.6 is 0 Å². The quantitative estimate of drug-likeness (QED) is 0.538. The third kappa shape index (κ3) is 5.13. The lowest BCUT2D eigenvalue weighted by atomic mass is 10.2. The molecule has 0 saturated carbocycles. The summed E-state index contributed by atoms with van der Waals surface area (Å²) in [4.78, 5) is 32.1. The number of amides is 2. The number of likely N-dealkylation sites (N-methyl/N-ethyl adjacent to an activating group) is 1. The van der Waals surface area contributed by atoms with Crippen molar-refractivity contribution in [2.75, 3.05) is 7.05 Å². The van der Waals surface area contributed by atoms with Crippen molar-refractivity contribution < 1.29 is 19.5 Å². The number of hydrogen-bond donors (Lipinski definition) is 3. The molecule has 80 valence electrons. The van der Waals surface area contributed by atoms with E-state index in [-0.39, 0.29) is 18.7 Å². The standard InChI is InChI=1S/C8H14N2O4/c1-5(8(14)9-2)10-6(11)3-4-7(12)13/h5H,3-4H2,1-2H3,(H,9,14)(H,10,11)(H,12,13). The van der Waals surface area contributed by atoms with E-state index in [1.165, 1.54) is 14.0 Å². The number of rotatable bonds is 5. The highest BCUT2D eigenvalue weighted by Gasteiger charge is 2.14. The zero-order valence-corrected chi connectivity index (χ0v) is 8.16. The van der Waals surface area contributed by atoms with Gasteiger partial charge in [0.05, 0.1) is 6.42 Å². The molecule has 2 amide bonds. The monoisotopic (exact) mass is 202 g/mol. The van der Waals surface area contributed by atoms with Crippen LogP contribution in [0.1, 0.15) is 19.8 Å². The minimum atomic E-state index is -1.03. The average molecular weight is 202 g/mol. The van der Waals surface area contributed by atoms with E-state index in [1.807, 2.05) is 0 Å². The van der Waals surface area contributed by atoms with Crippen molar-refractivity contribution in [2.45, 2.75) is 25.8 Å². The Labute approximate surface area is 81.7 Å². The van der Waals surface area contributed by atoms with Gasteiger partial charge in [0.2, 0.25) is 11.8 Å². The number of carboxylic acids is 1. The molecule has 1 unspecified atom stereocenters. The molecule has 1 atom stereocenters. The first-order valence-electron chi connectivity index (χ1n) is 4.20. The van der Waals surface area contributed by atoms with Crippen LogP contribution in [-0.4, -0.2) is 36.0 Å². The van der Waals surface area contributed by atoms with E-state index < -0.39 is 17.9 Å². The molecular weight excluding hydrogens is 188 g/mol. The summed E-state index contributed by atoms with van der Waals surface area (Å²) in [5, 5.41) is 13.0. The van der Waals surface area contributed by atoms with Crippen molar-refractivity contribution in [1.82, 2.24) is 10.6 Å². The molecule has 0 aliphatic heterocycles. The largest absolute Gasteiger partial charge is 0.481 e. The molecule has 14 heavy (non-hydrogen) atoms. The molecule has 0 aromatic heterocycles. The van der Waals surface area contributed by atoms with Crippen molar-refractivity contribution in [3.8, 4) is 0 Å². The number of carbonyl (C=O) groups is 3. The van der Waals surface area contributed by atoms with E-state index in [2.05, 4.69) is 10.6 Å². The van der Waals surface area contributed by atoms with Gasteiger partial charge in [0, 0.05) is 13.5 Å². The Morgan fingerprint density at radius 2 is 1.86 bits per heavy atom. The Morgan fingerprint density at radius 3 is 2.29 bits per heavy atom. The number of hydrogen-bond acceptors (Lipinski definition) is 3. The maximum atomic E-state index is 11.0. The molecule has 0 fully saturated rings. The summed E-state index contributed by atoms with van der Waals surface area (Å²) in [7, 11) is 1.46. The summed E-state index contributed by atoms with van der Waals surface area (Å²) in [6.07, 6.45) is -0.344. The predicted octanol–water partition coefficient (Wildman–Crippen LogP) is -0.898. The van der Waals surface area contributed by atoms with Crippen LogP contribution in [0.15, 0.2) is 0 Å². The molecule has 6 nitrogen and oxygen atoms in total. The van der Waals surface area contributed by atoms with Gasteiger partial charge in [-0.3, -0.25) is 14.4 Å². The van der Waals surface area contributed by atoms with Crippen LogP contribution < -0.4 is 10.6 Å². The number of nitrogens with one attached hydrogen (secondary N) is 2. The Balaban J connectivity index is 3.82. The zero-order chi connectivity index (χ0) is 11.1. The highest BCUT2D eigenvalue weighted by atomic mass is 16.4. The molecule has 0 bridgehead atoms. The minimum Gasteiger partial charge on any atom is -0.481 e. The second-order valence-corrected chi connectivity index (χ2v) is 2.80. The van der Waals surface area contributed by atoms with Crippen LogP contribution in [-0.2, 0) is 14.4 Å². The molecule has 6 heteroatoms.